The molecule has 0 bridgehead atoms. The van der Waals surface area contributed by atoms with Gasteiger partial charge in [0, 0.05) is 6.20 Å². The quantitative estimate of drug-likeness (QED) is 0.545. The lowest BCUT2D eigenvalue weighted by molar-refractivity contribution is 1.06. The Labute approximate surface area is 83.3 Å². The Morgan fingerprint density at radius 1 is 1.64 bits per heavy atom. The van der Waals surface area contributed by atoms with Crippen LogP contribution in [-0.4, -0.2) is 17.0 Å². The second kappa shape index (κ2) is 3.65. The van der Waals surface area contributed by atoms with E-state index in [2.05, 4.69) is 15.3 Å². The van der Waals surface area contributed by atoms with Gasteiger partial charge in [-0.3, -0.25) is 4.98 Å². The number of guanidine groups is 1. The molecule has 1 saturated carbocycles. The first-order valence-corrected chi connectivity index (χ1v) is 4.77. The van der Waals surface area contributed by atoms with Crippen molar-refractivity contribution >= 4 is 11.6 Å². The summed E-state index contributed by atoms with van der Waals surface area (Å²) in [5.41, 5.74) is 7.58. The van der Waals surface area contributed by atoms with E-state index in [1.807, 2.05) is 19.1 Å². The van der Waals surface area contributed by atoms with Gasteiger partial charge < -0.3 is 11.1 Å². The van der Waals surface area contributed by atoms with E-state index in [1.54, 1.807) is 6.20 Å². The van der Waals surface area contributed by atoms with Crippen LogP contribution in [0.25, 0.3) is 0 Å². The smallest absolute Gasteiger partial charge is 0.193 e. The number of nitrogens with two attached hydrogens (primary N) is 1. The van der Waals surface area contributed by atoms with Crippen molar-refractivity contribution in [2.75, 3.05) is 5.32 Å². The molecule has 4 heteroatoms. The third-order valence-electron chi connectivity index (χ3n) is 2.14. The zero-order chi connectivity index (χ0) is 9.97. The van der Waals surface area contributed by atoms with E-state index in [0.717, 1.165) is 24.2 Å². The molecule has 1 aliphatic rings. The lowest BCUT2D eigenvalue weighted by Crippen LogP contribution is -2.23. The molecule has 74 valence electrons. The second-order valence-corrected chi connectivity index (χ2v) is 3.51. The fourth-order valence-corrected chi connectivity index (χ4v) is 1.19. The fourth-order valence-electron chi connectivity index (χ4n) is 1.19. The third kappa shape index (κ3) is 2.22. The van der Waals surface area contributed by atoms with Crippen LogP contribution in [0.4, 0.5) is 5.69 Å². The average molecular weight is 190 g/mol. The molecule has 0 radical (unpaired) electrons. The first-order valence-electron chi connectivity index (χ1n) is 4.77. The molecular formula is C10H14N4. The highest BCUT2D eigenvalue weighted by molar-refractivity contribution is 5.92. The molecule has 1 aromatic rings. The number of aryl methyl sites for hydroxylation is 1. The molecule has 0 aliphatic heterocycles. The molecule has 0 atom stereocenters. The highest BCUT2D eigenvalue weighted by Gasteiger charge is 2.20. The maximum Gasteiger partial charge on any atom is 0.193 e. The summed E-state index contributed by atoms with van der Waals surface area (Å²) in [4.78, 5) is 8.43. The summed E-state index contributed by atoms with van der Waals surface area (Å²) in [6.45, 7) is 1.94. The normalized spacial score (nSPS) is 16.8. The molecule has 14 heavy (non-hydrogen) atoms. The number of pyridine rings is 1. The van der Waals surface area contributed by atoms with Gasteiger partial charge >= 0.3 is 0 Å². The van der Waals surface area contributed by atoms with Crippen LogP contribution in [0.3, 0.4) is 0 Å². The van der Waals surface area contributed by atoms with Crippen LogP contribution < -0.4 is 11.1 Å². The summed E-state index contributed by atoms with van der Waals surface area (Å²) >= 11 is 0. The number of rotatable bonds is 2. The van der Waals surface area contributed by atoms with Gasteiger partial charge in [-0.2, -0.15) is 0 Å². The van der Waals surface area contributed by atoms with Crippen LogP contribution in [0.1, 0.15) is 18.5 Å². The van der Waals surface area contributed by atoms with Gasteiger partial charge in [0.1, 0.15) is 0 Å². The van der Waals surface area contributed by atoms with Crippen molar-refractivity contribution in [1.29, 1.82) is 0 Å². The molecule has 0 amide bonds. The van der Waals surface area contributed by atoms with Gasteiger partial charge in [-0.25, -0.2) is 4.99 Å². The van der Waals surface area contributed by atoms with Gasteiger partial charge in [0.25, 0.3) is 0 Å². The second-order valence-electron chi connectivity index (χ2n) is 3.51. The molecule has 0 saturated heterocycles. The van der Waals surface area contributed by atoms with Crippen LogP contribution >= 0.6 is 0 Å². The van der Waals surface area contributed by atoms with Gasteiger partial charge in [-0.1, -0.05) is 0 Å². The minimum absolute atomic E-state index is 0.444. The maximum atomic E-state index is 5.73. The fraction of sp³-hybridized carbons (Fsp3) is 0.400. The molecular weight excluding hydrogens is 176 g/mol. The minimum atomic E-state index is 0.444. The Morgan fingerprint density at radius 2 is 2.43 bits per heavy atom. The molecule has 0 aromatic carbocycles. The first-order chi connectivity index (χ1) is 6.75. The topological polar surface area (TPSA) is 63.3 Å². The molecule has 0 spiro atoms. The summed E-state index contributed by atoms with van der Waals surface area (Å²) in [6, 6.07) is 4.26. The van der Waals surface area contributed by atoms with Crippen molar-refractivity contribution < 1.29 is 0 Å². The number of nitrogens with zero attached hydrogens (tertiary/aromatic N) is 2. The van der Waals surface area contributed by atoms with Crippen molar-refractivity contribution in [3.05, 3.63) is 24.0 Å². The van der Waals surface area contributed by atoms with E-state index in [0.29, 0.717) is 12.0 Å². The SMILES string of the molecule is Cc1ncccc1NC(N)=NC1CC1. The number of hydrogen-bond donors (Lipinski definition) is 2. The van der Waals surface area contributed by atoms with Gasteiger partial charge in [0.15, 0.2) is 5.96 Å². The van der Waals surface area contributed by atoms with Gasteiger partial charge in [0.2, 0.25) is 0 Å². The summed E-state index contributed by atoms with van der Waals surface area (Å²) in [6.07, 6.45) is 4.08. The highest BCUT2D eigenvalue weighted by atomic mass is 15.1. The summed E-state index contributed by atoms with van der Waals surface area (Å²) < 4.78 is 0. The summed E-state index contributed by atoms with van der Waals surface area (Å²) in [5, 5.41) is 3.05. The average Bonchev–Trinajstić information content (AvgIpc) is 2.93. The number of aliphatic imine (C=N–C) groups is 1. The lowest BCUT2D eigenvalue weighted by atomic mass is 10.3. The van der Waals surface area contributed by atoms with Crippen molar-refractivity contribution in [3.63, 3.8) is 0 Å². The molecule has 1 aromatic heterocycles. The van der Waals surface area contributed by atoms with Crippen molar-refractivity contribution in [1.82, 2.24) is 4.98 Å². The number of hydrogen-bond acceptors (Lipinski definition) is 2. The van der Waals surface area contributed by atoms with Crippen LogP contribution in [-0.2, 0) is 0 Å². The zero-order valence-corrected chi connectivity index (χ0v) is 8.20. The predicted molar refractivity (Wildman–Crippen MR) is 57.2 cm³/mol. The molecule has 4 nitrogen and oxygen atoms in total. The van der Waals surface area contributed by atoms with E-state index in [-0.39, 0.29) is 0 Å². The van der Waals surface area contributed by atoms with E-state index < -0.39 is 0 Å². The Hall–Kier alpha value is -1.58. The molecule has 1 fully saturated rings. The van der Waals surface area contributed by atoms with Crippen molar-refractivity contribution in [2.45, 2.75) is 25.8 Å². The Kier molecular flexibility index (Phi) is 2.35. The molecule has 0 unspecified atom stereocenters. The van der Waals surface area contributed by atoms with E-state index >= 15 is 0 Å². The zero-order valence-electron chi connectivity index (χ0n) is 8.20. The molecule has 1 aliphatic carbocycles. The minimum Gasteiger partial charge on any atom is -0.370 e. The standard InChI is InChI=1S/C10H14N4/c1-7-9(3-2-6-12-7)14-10(11)13-8-4-5-8/h2-3,6,8H,4-5H2,1H3,(H3,11,13,14). The summed E-state index contributed by atoms with van der Waals surface area (Å²) in [5.74, 6) is 0.489. The Bertz CT molecular complexity index is 355. The van der Waals surface area contributed by atoms with Crippen LogP contribution in [0, 0.1) is 6.92 Å². The molecule has 1 heterocycles. The predicted octanol–water partition coefficient (Wildman–Crippen LogP) is 1.28. The van der Waals surface area contributed by atoms with Gasteiger partial charge in [-0.15, -0.1) is 0 Å². The van der Waals surface area contributed by atoms with Gasteiger partial charge in [-0.05, 0) is 31.9 Å². The lowest BCUT2D eigenvalue weighted by Gasteiger charge is -2.06. The first kappa shape index (κ1) is 8.99. The summed E-state index contributed by atoms with van der Waals surface area (Å²) in [7, 11) is 0. The number of aromatic nitrogens is 1. The Morgan fingerprint density at radius 3 is 3.07 bits per heavy atom. The Balaban J connectivity index is 2.06. The van der Waals surface area contributed by atoms with E-state index in [9.17, 15) is 0 Å². The number of anilines is 1. The van der Waals surface area contributed by atoms with Crippen LogP contribution in [0.2, 0.25) is 0 Å². The van der Waals surface area contributed by atoms with E-state index in [4.69, 9.17) is 5.73 Å². The number of nitrogens with one attached hydrogen (secondary N) is 1. The maximum absolute atomic E-state index is 5.73. The van der Waals surface area contributed by atoms with E-state index in [1.165, 1.54) is 0 Å². The highest BCUT2D eigenvalue weighted by Crippen LogP contribution is 2.23. The monoisotopic (exact) mass is 190 g/mol. The largest absolute Gasteiger partial charge is 0.370 e. The van der Waals surface area contributed by atoms with Crippen molar-refractivity contribution in [2.24, 2.45) is 10.7 Å². The molecule has 3 N–H and O–H groups in total. The van der Waals surface area contributed by atoms with Crippen molar-refractivity contribution in [3.8, 4) is 0 Å². The van der Waals surface area contributed by atoms with Crippen LogP contribution in [0.5, 0.6) is 0 Å². The molecule has 2 rings (SSSR count). The van der Waals surface area contributed by atoms with Gasteiger partial charge in [0.05, 0.1) is 17.4 Å². The van der Waals surface area contributed by atoms with Crippen LogP contribution in [0.15, 0.2) is 23.3 Å². The third-order valence-corrected chi connectivity index (χ3v) is 2.14.